The van der Waals surface area contributed by atoms with Crippen molar-refractivity contribution >= 4 is 29.0 Å². The van der Waals surface area contributed by atoms with Crippen LogP contribution in [0, 0.1) is 10.1 Å². The van der Waals surface area contributed by atoms with E-state index in [-0.39, 0.29) is 17.8 Å². The lowest BCUT2D eigenvalue weighted by Crippen LogP contribution is -2.30. The molecule has 1 aromatic heterocycles. The number of hydrogen-bond donors (Lipinski definition) is 2. The maximum atomic E-state index is 12.2. The average Bonchev–Trinajstić information content (AvgIpc) is 2.67. The van der Waals surface area contributed by atoms with Crippen molar-refractivity contribution in [2.45, 2.75) is 38.2 Å². The summed E-state index contributed by atoms with van der Waals surface area (Å²) in [7, 11) is 0. The number of rotatable bonds is 6. The average molecular weight is 392 g/mol. The van der Waals surface area contributed by atoms with Crippen LogP contribution in [0.1, 0.15) is 42.5 Å². The zero-order valence-corrected chi connectivity index (χ0v) is 15.1. The predicted molar refractivity (Wildman–Crippen MR) is 98.7 cm³/mol. The lowest BCUT2D eigenvalue weighted by Gasteiger charge is -2.22. The molecule has 2 aromatic rings. The van der Waals surface area contributed by atoms with Gasteiger partial charge in [0.25, 0.3) is 11.8 Å². The van der Waals surface area contributed by atoms with E-state index in [1.165, 1.54) is 12.1 Å². The smallest absolute Gasteiger partial charge is 0.374 e. The summed E-state index contributed by atoms with van der Waals surface area (Å²) < 4.78 is 5.73. The molecule has 1 aliphatic rings. The first-order chi connectivity index (χ1) is 13.0. The molecular formula is C17H18ClN5O4. The van der Waals surface area contributed by atoms with Crippen LogP contribution in [0.5, 0.6) is 5.88 Å². The van der Waals surface area contributed by atoms with Gasteiger partial charge in [0.05, 0.1) is 4.92 Å². The molecule has 0 aliphatic heterocycles. The number of carbonyl (C=O) groups excluding carboxylic acids is 1. The molecule has 27 heavy (non-hydrogen) atoms. The Morgan fingerprint density at radius 2 is 1.89 bits per heavy atom. The summed E-state index contributed by atoms with van der Waals surface area (Å²) in [6, 6.07) is 6.20. The van der Waals surface area contributed by atoms with Crippen LogP contribution in [-0.4, -0.2) is 26.9 Å². The van der Waals surface area contributed by atoms with Crippen molar-refractivity contribution < 1.29 is 14.5 Å². The first-order valence-electron chi connectivity index (χ1n) is 8.52. The molecule has 1 aromatic carbocycles. The first kappa shape index (κ1) is 18.8. The fourth-order valence-corrected chi connectivity index (χ4v) is 2.96. The molecule has 142 valence electrons. The van der Waals surface area contributed by atoms with Gasteiger partial charge in [-0.05, 0) is 49.9 Å². The predicted octanol–water partition coefficient (Wildman–Crippen LogP) is 3.51. The molecule has 0 saturated heterocycles. The van der Waals surface area contributed by atoms with E-state index in [0.717, 1.165) is 38.4 Å². The number of nitrogens with one attached hydrogen (secondary N) is 2. The van der Waals surface area contributed by atoms with Gasteiger partial charge < -0.3 is 4.74 Å². The molecule has 2 N–H and O–H groups in total. The summed E-state index contributed by atoms with van der Waals surface area (Å²) in [5, 5.41) is 12.0. The Labute approximate surface area is 160 Å². The number of hydrogen-bond acceptors (Lipinski definition) is 7. The van der Waals surface area contributed by atoms with Gasteiger partial charge in [-0.25, -0.2) is 4.98 Å². The topological polar surface area (TPSA) is 119 Å². The minimum absolute atomic E-state index is 0.106. The van der Waals surface area contributed by atoms with Gasteiger partial charge in [0.1, 0.15) is 12.4 Å². The number of anilines is 1. The van der Waals surface area contributed by atoms with Gasteiger partial charge in [0.15, 0.2) is 0 Å². The highest BCUT2D eigenvalue weighted by Gasteiger charge is 2.27. The van der Waals surface area contributed by atoms with Crippen molar-refractivity contribution in [2.75, 3.05) is 5.43 Å². The number of carbonyl (C=O) groups is 1. The fraction of sp³-hybridized carbons (Fsp3) is 0.353. The standard InChI is InChI=1S/C17H18ClN5O4/c18-12-8-6-11(7-9-12)16(24)22-21-15-14(23(25)26)17(20-10-19-15)27-13-4-2-1-3-5-13/h6-10,13H,1-5H2,(H,22,24)(H,19,20,21). The van der Waals surface area contributed by atoms with Gasteiger partial charge in [-0.3, -0.25) is 25.8 Å². The maximum Gasteiger partial charge on any atom is 0.374 e. The van der Waals surface area contributed by atoms with Gasteiger partial charge in [-0.15, -0.1) is 0 Å². The van der Waals surface area contributed by atoms with E-state index < -0.39 is 16.5 Å². The number of amides is 1. The fourth-order valence-electron chi connectivity index (χ4n) is 2.84. The third-order valence-corrected chi connectivity index (χ3v) is 4.45. The van der Waals surface area contributed by atoms with Gasteiger partial charge in [-0.2, -0.15) is 4.98 Å². The molecule has 0 atom stereocenters. The second-order valence-corrected chi connectivity index (χ2v) is 6.53. The second-order valence-electron chi connectivity index (χ2n) is 6.10. The van der Waals surface area contributed by atoms with Crippen LogP contribution in [0.15, 0.2) is 30.6 Å². The van der Waals surface area contributed by atoms with Gasteiger partial charge >= 0.3 is 5.69 Å². The van der Waals surface area contributed by atoms with Crippen molar-refractivity contribution in [2.24, 2.45) is 0 Å². The molecule has 9 nitrogen and oxygen atoms in total. The zero-order chi connectivity index (χ0) is 19.2. The summed E-state index contributed by atoms with van der Waals surface area (Å²) in [5.74, 6) is -0.748. The quantitative estimate of drug-likeness (QED) is 0.571. The van der Waals surface area contributed by atoms with Crippen molar-refractivity contribution in [3.8, 4) is 5.88 Å². The van der Waals surface area contributed by atoms with E-state index in [9.17, 15) is 14.9 Å². The van der Waals surface area contributed by atoms with Gasteiger partial charge in [-0.1, -0.05) is 18.0 Å². The molecule has 1 amide bonds. The summed E-state index contributed by atoms with van der Waals surface area (Å²) in [5.41, 5.74) is 4.78. The third-order valence-electron chi connectivity index (χ3n) is 4.20. The normalized spacial score (nSPS) is 14.4. The molecule has 10 heteroatoms. The Kier molecular flexibility index (Phi) is 6.02. The molecule has 3 rings (SSSR count). The molecule has 1 heterocycles. The molecular weight excluding hydrogens is 374 g/mol. The Bertz CT molecular complexity index is 825. The van der Waals surface area contributed by atoms with Crippen LogP contribution < -0.4 is 15.6 Å². The number of nitrogens with zero attached hydrogens (tertiary/aromatic N) is 3. The molecule has 0 spiro atoms. The van der Waals surface area contributed by atoms with E-state index in [2.05, 4.69) is 20.8 Å². The zero-order valence-electron chi connectivity index (χ0n) is 14.4. The molecule has 0 unspecified atom stereocenters. The summed E-state index contributed by atoms with van der Waals surface area (Å²) in [6.45, 7) is 0. The Morgan fingerprint density at radius 3 is 2.56 bits per heavy atom. The van der Waals surface area contributed by atoms with Crippen molar-refractivity contribution in [3.05, 3.63) is 51.3 Å². The molecule has 1 aliphatic carbocycles. The molecule has 1 saturated carbocycles. The highest BCUT2D eigenvalue weighted by atomic mass is 35.5. The van der Waals surface area contributed by atoms with Gasteiger partial charge in [0.2, 0.25) is 5.82 Å². The number of aromatic nitrogens is 2. The monoisotopic (exact) mass is 391 g/mol. The largest absolute Gasteiger partial charge is 0.469 e. The maximum absolute atomic E-state index is 12.2. The molecule has 1 fully saturated rings. The Balaban J connectivity index is 1.74. The van der Waals surface area contributed by atoms with Crippen LogP contribution >= 0.6 is 11.6 Å². The van der Waals surface area contributed by atoms with Gasteiger partial charge in [0, 0.05) is 10.6 Å². The number of benzene rings is 1. The lowest BCUT2D eigenvalue weighted by atomic mass is 9.98. The summed E-state index contributed by atoms with van der Waals surface area (Å²) in [6.07, 6.45) is 5.88. The first-order valence-corrected chi connectivity index (χ1v) is 8.90. The Hall–Kier alpha value is -2.94. The molecule has 0 radical (unpaired) electrons. The third kappa shape index (κ3) is 4.82. The number of ether oxygens (including phenoxy) is 1. The minimum Gasteiger partial charge on any atom is -0.469 e. The number of hydrazine groups is 1. The lowest BCUT2D eigenvalue weighted by molar-refractivity contribution is -0.385. The summed E-state index contributed by atoms with van der Waals surface area (Å²) >= 11 is 5.79. The van der Waals surface area contributed by atoms with Crippen LogP contribution in [-0.2, 0) is 0 Å². The highest BCUT2D eigenvalue weighted by Crippen LogP contribution is 2.33. The van der Waals surface area contributed by atoms with E-state index in [4.69, 9.17) is 16.3 Å². The minimum atomic E-state index is -0.630. The highest BCUT2D eigenvalue weighted by molar-refractivity contribution is 6.30. The number of halogens is 1. The van der Waals surface area contributed by atoms with Crippen molar-refractivity contribution in [1.82, 2.24) is 15.4 Å². The van der Waals surface area contributed by atoms with Crippen LogP contribution in [0.25, 0.3) is 0 Å². The van der Waals surface area contributed by atoms with Crippen LogP contribution in [0.3, 0.4) is 0 Å². The SMILES string of the molecule is O=C(NNc1ncnc(OC2CCCCC2)c1[N+](=O)[O-])c1ccc(Cl)cc1. The summed E-state index contributed by atoms with van der Waals surface area (Å²) in [4.78, 5) is 30.8. The second kappa shape index (κ2) is 8.63. The Morgan fingerprint density at radius 1 is 1.19 bits per heavy atom. The van der Waals surface area contributed by atoms with E-state index in [1.807, 2.05) is 0 Å². The number of nitro groups is 1. The van der Waals surface area contributed by atoms with E-state index in [0.29, 0.717) is 10.6 Å². The van der Waals surface area contributed by atoms with E-state index in [1.54, 1.807) is 12.1 Å². The van der Waals surface area contributed by atoms with Crippen LogP contribution in [0.2, 0.25) is 5.02 Å². The van der Waals surface area contributed by atoms with Crippen LogP contribution in [0.4, 0.5) is 11.5 Å². The van der Waals surface area contributed by atoms with Crippen molar-refractivity contribution in [1.29, 1.82) is 0 Å². The molecule has 0 bridgehead atoms. The van der Waals surface area contributed by atoms with E-state index >= 15 is 0 Å². The van der Waals surface area contributed by atoms with Crippen molar-refractivity contribution in [3.63, 3.8) is 0 Å².